The van der Waals surface area contributed by atoms with Crippen molar-refractivity contribution in [3.05, 3.63) is 30.1 Å². The maximum atomic E-state index is 12.0. The van der Waals surface area contributed by atoms with Crippen LogP contribution in [0.15, 0.2) is 29.7 Å². The number of rotatable bonds is 9. The number of carbonyl (C=O) groups excluding carboxylic acids is 1. The maximum Gasteiger partial charge on any atom is 0.321 e. The number of aromatic nitrogens is 3. The van der Waals surface area contributed by atoms with Crippen molar-refractivity contribution in [1.82, 2.24) is 20.3 Å². The highest BCUT2D eigenvalue weighted by Crippen LogP contribution is 2.35. The fourth-order valence-electron chi connectivity index (χ4n) is 4.10. The van der Waals surface area contributed by atoms with Crippen LogP contribution in [0.5, 0.6) is 0 Å². The summed E-state index contributed by atoms with van der Waals surface area (Å²) in [5.74, 6) is -0.216. The number of aliphatic carboxylic acids is 1. The highest BCUT2D eigenvalue weighted by atomic mass is 32.1. The van der Waals surface area contributed by atoms with Crippen molar-refractivity contribution in [2.75, 3.05) is 43.1 Å². The molecule has 2 aromatic heterocycles. The predicted octanol–water partition coefficient (Wildman–Crippen LogP) is 3.32. The summed E-state index contributed by atoms with van der Waals surface area (Å²) in [5, 5.41) is 28.5. The minimum absolute atomic E-state index is 0.0737. The lowest BCUT2D eigenvalue weighted by atomic mass is 9.80. The number of anilines is 2. The van der Waals surface area contributed by atoms with Gasteiger partial charge in [-0.05, 0) is 51.3 Å². The first-order chi connectivity index (χ1) is 18.2. The molecule has 0 aliphatic carbocycles. The number of carboxylic acid groups (broad SMARTS) is 1. The average Bonchev–Trinajstić information content (AvgIpc) is 3.31. The molecule has 0 radical (unpaired) electrons. The quantitative estimate of drug-likeness (QED) is 0.181. The maximum absolute atomic E-state index is 12.0. The predicted molar refractivity (Wildman–Crippen MR) is 146 cm³/mol. The van der Waals surface area contributed by atoms with E-state index in [0.717, 1.165) is 21.4 Å². The number of benzene rings is 1. The molecule has 12 nitrogen and oxygen atoms in total. The lowest BCUT2D eigenvalue weighted by molar-refractivity contribution is -0.149. The highest BCUT2D eigenvalue weighted by Gasteiger charge is 2.37. The van der Waals surface area contributed by atoms with Crippen LogP contribution < -0.4 is 15.5 Å². The number of nitrogens with zero attached hydrogens (tertiary/aromatic N) is 5. The zero-order valence-electron chi connectivity index (χ0n) is 21.5. The molecule has 0 spiro atoms. The third-order valence-electron chi connectivity index (χ3n) is 6.46. The number of amides is 2. The van der Waals surface area contributed by atoms with Crippen molar-refractivity contribution >= 4 is 50.3 Å². The smallest absolute Gasteiger partial charge is 0.321 e. The molecule has 2 amide bonds. The van der Waals surface area contributed by atoms with Crippen LogP contribution in [0.25, 0.3) is 21.3 Å². The number of piperidine rings is 1. The van der Waals surface area contributed by atoms with E-state index in [1.165, 1.54) is 11.3 Å². The van der Waals surface area contributed by atoms with E-state index in [0.29, 0.717) is 54.8 Å². The third kappa shape index (κ3) is 6.00. The molecule has 1 aliphatic heterocycles. The Labute approximate surface area is 223 Å². The van der Waals surface area contributed by atoms with Gasteiger partial charge in [0.1, 0.15) is 6.61 Å². The molecule has 4 N–H and O–H groups in total. The summed E-state index contributed by atoms with van der Waals surface area (Å²) < 4.78 is 0.821. The Hall–Kier alpha value is -3.84. The summed E-state index contributed by atoms with van der Waals surface area (Å²) >= 11 is 1.32. The second-order valence-electron chi connectivity index (χ2n) is 9.23. The van der Waals surface area contributed by atoms with E-state index in [1.54, 1.807) is 26.2 Å². The molecule has 1 aliphatic rings. The molecule has 202 valence electrons. The zero-order valence-corrected chi connectivity index (χ0v) is 22.3. The van der Waals surface area contributed by atoms with E-state index in [4.69, 9.17) is 9.94 Å². The molecule has 38 heavy (non-hydrogen) atoms. The normalized spacial score (nSPS) is 15.4. The Morgan fingerprint density at radius 3 is 2.55 bits per heavy atom. The number of aliphatic hydroxyl groups excluding tert-OH is 1. The van der Waals surface area contributed by atoms with Gasteiger partial charge in [-0.2, -0.15) is 0 Å². The molecular weight excluding hydrogens is 510 g/mol. The highest BCUT2D eigenvalue weighted by molar-refractivity contribution is 7.22. The molecule has 4 rings (SSSR count). The van der Waals surface area contributed by atoms with Crippen molar-refractivity contribution < 1.29 is 24.6 Å². The van der Waals surface area contributed by atoms with Gasteiger partial charge >= 0.3 is 12.0 Å². The Morgan fingerprint density at radius 2 is 1.92 bits per heavy atom. The first kappa shape index (κ1) is 27.2. The number of urea groups is 1. The Morgan fingerprint density at radius 1 is 1.21 bits per heavy atom. The van der Waals surface area contributed by atoms with E-state index in [-0.39, 0.29) is 19.2 Å². The summed E-state index contributed by atoms with van der Waals surface area (Å²) in [6.07, 6.45) is 4.52. The molecule has 3 aromatic rings. The summed E-state index contributed by atoms with van der Waals surface area (Å²) in [5.41, 5.74) is 2.87. The van der Waals surface area contributed by atoms with Gasteiger partial charge in [-0.3, -0.25) is 10.1 Å². The van der Waals surface area contributed by atoms with Gasteiger partial charge in [-0.1, -0.05) is 16.5 Å². The van der Waals surface area contributed by atoms with Crippen LogP contribution in [-0.2, 0) is 9.63 Å². The van der Waals surface area contributed by atoms with E-state index in [9.17, 15) is 14.7 Å². The fourth-order valence-corrected chi connectivity index (χ4v) is 5.11. The summed E-state index contributed by atoms with van der Waals surface area (Å²) in [4.78, 5) is 44.5. The van der Waals surface area contributed by atoms with Gasteiger partial charge in [0.05, 0.1) is 28.0 Å². The molecule has 13 heteroatoms. The average molecular weight is 542 g/mol. The van der Waals surface area contributed by atoms with E-state index in [2.05, 4.69) is 30.7 Å². The standard InChI is InChI=1S/C25H31N7O5S/c1-4-26-23(36)30-24-29-19-12-16(11-18(20(19)38-24)15(2)31-37-10-9-33)17-13-27-22(28-14-17)32-7-5-25(3,6-8-32)21(34)35/h11-14,33H,4-10H2,1-3H3,(H,34,35)(H2,26,29,30,36)/b31-15+. The number of hydrogen-bond donors (Lipinski definition) is 4. The van der Waals surface area contributed by atoms with Crippen LogP contribution in [0.4, 0.5) is 15.9 Å². The second-order valence-corrected chi connectivity index (χ2v) is 10.2. The largest absolute Gasteiger partial charge is 0.481 e. The first-order valence-corrected chi connectivity index (χ1v) is 13.1. The number of fused-ring (bicyclic) bond motifs is 1. The molecule has 1 saturated heterocycles. The van der Waals surface area contributed by atoms with E-state index in [1.807, 2.05) is 24.0 Å². The van der Waals surface area contributed by atoms with Gasteiger partial charge in [0.2, 0.25) is 5.95 Å². The Balaban J connectivity index is 1.63. The van der Waals surface area contributed by atoms with Gasteiger partial charge in [0.25, 0.3) is 0 Å². The van der Waals surface area contributed by atoms with Crippen LogP contribution in [0.1, 0.15) is 39.2 Å². The van der Waals surface area contributed by atoms with Crippen LogP contribution in [0.3, 0.4) is 0 Å². The van der Waals surface area contributed by atoms with Crippen LogP contribution >= 0.6 is 11.3 Å². The van der Waals surface area contributed by atoms with Crippen LogP contribution in [0.2, 0.25) is 0 Å². The fraction of sp³-hybridized carbons (Fsp3) is 0.440. The molecule has 0 saturated carbocycles. The zero-order chi connectivity index (χ0) is 27.3. The van der Waals surface area contributed by atoms with Gasteiger partial charge in [0, 0.05) is 43.2 Å². The lowest BCUT2D eigenvalue weighted by Crippen LogP contribution is -2.43. The molecule has 1 aromatic carbocycles. The van der Waals surface area contributed by atoms with Gasteiger partial charge < -0.3 is 25.3 Å². The topological polar surface area (TPSA) is 162 Å². The van der Waals surface area contributed by atoms with Crippen molar-refractivity contribution in [3.8, 4) is 11.1 Å². The lowest BCUT2D eigenvalue weighted by Gasteiger charge is -2.36. The van der Waals surface area contributed by atoms with Gasteiger partial charge in [0.15, 0.2) is 5.13 Å². The molecule has 3 heterocycles. The first-order valence-electron chi connectivity index (χ1n) is 12.3. The summed E-state index contributed by atoms with van der Waals surface area (Å²) in [7, 11) is 0. The van der Waals surface area contributed by atoms with E-state index < -0.39 is 11.4 Å². The van der Waals surface area contributed by atoms with Crippen LogP contribution in [0, 0.1) is 5.41 Å². The Kier molecular flexibility index (Phi) is 8.37. The third-order valence-corrected chi connectivity index (χ3v) is 7.48. The number of carbonyl (C=O) groups is 2. The van der Waals surface area contributed by atoms with Crippen molar-refractivity contribution in [2.24, 2.45) is 10.6 Å². The number of carboxylic acids is 1. The van der Waals surface area contributed by atoms with Gasteiger partial charge in [-0.15, -0.1) is 0 Å². The van der Waals surface area contributed by atoms with Crippen molar-refractivity contribution in [2.45, 2.75) is 33.6 Å². The SMILES string of the molecule is CCNC(=O)Nc1nc2cc(-c3cnc(N4CCC(C)(C(=O)O)CC4)nc3)cc(/C(C)=N/OCCO)c2s1. The molecule has 0 unspecified atom stereocenters. The van der Waals surface area contributed by atoms with Crippen LogP contribution in [-0.4, -0.2) is 75.7 Å². The van der Waals surface area contributed by atoms with Crippen molar-refractivity contribution in [1.29, 1.82) is 0 Å². The molecule has 0 bridgehead atoms. The number of thiazole rings is 1. The Bertz CT molecular complexity index is 1330. The monoisotopic (exact) mass is 541 g/mol. The summed E-state index contributed by atoms with van der Waals surface area (Å²) in [6.45, 7) is 6.97. The van der Waals surface area contributed by atoms with E-state index >= 15 is 0 Å². The number of aliphatic hydroxyl groups is 1. The second kappa shape index (κ2) is 11.7. The minimum atomic E-state index is -0.772. The van der Waals surface area contributed by atoms with Gasteiger partial charge in [-0.25, -0.2) is 19.7 Å². The molecule has 1 fully saturated rings. The number of nitrogens with one attached hydrogen (secondary N) is 2. The molecule has 0 atom stereocenters. The van der Waals surface area contributed by atoms with Crippen molar-refractivity contribution in [3.63, 3.8) is 0 Å². The number of hydrogen-bond acceptors (Lipinski definition) is 10. The molecular formula is C25H31N7O5S. The summed E-state index contributed by atoms with van der Waals surface area (Å²) in [6, 6.07) is 3.50. The number of oxime groups is 1. The minimum Gasteiger partial charge on any atom is -0.481 e.